The van der Waals surface area contributed by atoms with Crippen molar-refractivity contribution in [1.82, 2.24) is 29.5 Å². The fourth-order valence-corrected chi connectivity index (χ4v) is 4.17. The Bertz CT molecular complexity index is 609. The van der Waals surface area contributed by atoms with Crippen molar-refractivity contribution >= 4 is 6.03 Å². The van der Waals surface area contributed by atoms with Crippen LogP contribution in [0.15, 0.2) is 0 Å². The monoisotopic (exact) mass is 346 g/mol. The fraction of sp³-hybridized carbons (Fsp3) is 0.833. The van der Waals surface area contributed by atoms with Gasteiger partial charge in [0, 0.05) is 38.1 Å². The lowest BCUT2D eigenvalue weighted by molar-refractivity contribution is 0.147. The molecule has 0 spiro atoms. The number of hydrogen-bond donors (Lipinski definition) is 0. The normalized spacial score (nSPS) is 22.2. The van der Waals surface area contributed by atoms with Crippen LogP contribution in [0.1, 0.15) is 62.1 Å². The number of amides is 2. The summed E-state index contributed by atoms with van der Waals surface area (Å²) in [5.74, 6) is 2.69. The van der Waals surface area contributed by atoms with Gasteiger partial charge in [0.1, 0.15) is 11.6 Å². The number of nitrogens with zero attached hydrogens (tertiary/aromatic N) is 6. The quantitative estimate of drug-likeness (QED) is 0.837. The van der Waals surface area contributed by atoms with Gasteiger partial charge in [-0.2, -0.15) is 0 Å². The summed E-state index contributed by atoms with van der Waals surface area (Å²) >= 11 is 0. The molecule has 3 heterocycles. The summed E-state index contributed by atoms with van der Waals surface area (Å²) in [5, 5.41) is 9.07. The molecule has 0 radical (unpaired) electrons. The maximum atomic E-state index is 12.6. The Balaban J connectivity index is 1.42. The predicted molar refractivity (Wildman–Crippen MR) is 95.4 cm³/mol. The Morgan fingerprint density at radius 2 is 1.64 bits per heavy atom. The van der Waals surface area contributed by atoms with E-state index >= 15 is 0 Å². The SMILES string of the molecule is CN(C)Cc1nnc(C2CCN(C(=O)N3CCCC3)CC2)n1C1CC1. The smallest absolute Gasteiger partial charge is 0.319 e. The Labute approximate surface area is 150 Å². The van der Waals surface area contributed by atoms with Gasteiger partial charge in [0.25, 0.3) is 0 Å². The van der Waals surface area contributed by atoms with E-state index in [2.05, 4.69) is 33.8 Å². The number of aromatic nitrogens is 3. The standard InChI is InChI=1S/C18H30N6O/c1-21(2)13-16-19-20-17(24(16)15-5-6-15)14-7-11-23(12-8-14)18(25)22-9-3-4-10-22/h14-15H,3-13H2,1-2H3. The van der Waals surface area contributed by atoms with E-state index in [9.17, 15) is 4.79 Å². The van der Waals surface area contributed by atoms with Crippen LogP contribution >= 0.6 is 0 Å². The molecule has 0 bridgehead atoms. The first-order valence-corrected chi connectivity index (χ1v) is 9.75. The van der Waals surface area contributed by atoms with Crippen LogP contribution in [0, 0.1) is 0 Å². The van der Waals surface area contributed by atoms with Crippen LogP contribution in [-0.2, 0) is 6.54 Å². The van der Waals surface area contributed by atoms with E-state index in [0.29, 0.717) is 12.0 Å². The highest BCUT2D eigenvalue weighted by Gasteiger charge is 2.35. The van der Waals surface area contributed by atoms with Gasteiger partial charge in [-0.3, -0.25) is 0 Å². The zero-order valence-corrected chi connectivity index (χ0v) is 15.5. The fourth-order valence-electron chi connectivity index (χ4n) is 4.17. The van der Waals surface area contributed by atoms with Crippen molar-refractivity contribution in [3.63, 3.8) is 0 Å². The molecule has 2 amide bonds. The zero-order valence-electron chi connectivity index (χ0n) is 15.5. The predicted octanol–water partition coefficient (Wildman–Crippen LogP) is 2.07. The summed E-state index contributed by atoms with van der Waals surface area (Å²) in [5.41, 5.74) is 0. The second-order valence-corrected chi connectivity index (χ2v) is 8.05. The molecule has 1 saturated carbocycles. The third-order valence-corrected chi connectivity index (χ3v) is 5.67. The van der Waals surface area contributed by atoms with E-state index < -0.39 is 0 Å². The third-order valence-electron chi connectivity index (χ3n) is 5.67. The van der Waals surface area contributed by atoms with Gasteiger partial charge in [-0.15, -0.1) is 10.2 Å². The lowest BCUT2D eigenvalue weighted by Crippen LogP contribution is -2.45. The van der Waals surface area contributed by atoms with Crippen LogP contribution < -0.4 is 0 Å². The van der Waals surface area contributed by atoms with E-state index in [1.165, 1.54) is 12.8 Å². The molecule has 7 heteroatoms. The van der Waals surface area contributed by atoms with E-state index in [-0.39, 0.29) is 6.03 Å². The van der Waals surface area contributed by atoms with E-state index in [0.717, 1.165) is 70.1 Å². The summed E-state index contributed by atoms with van der Waals surface area (Å²) in [4.78, 5) is 18.8. The van der Waals surface area contributed by atoms with Gasteiger partial charge < -0.3 is 19.3 Å². The van der Waals surface area contributed by atoms with E-state index in [1.807, 2.05) is 9.80 Å². The molecule has 25 heavy (non-hydrogen) atoms. The van der Waals surface area contributed by atoms with Crippen molar-refractivity contribution in [2.24, 2.45) is 0 Å². The molecule has 3 fully saturated rings. The second-order valence-electron chi connectivity index (χ2n) is 8.05. The van der Waals surface area contributed by atoms with E-state index in [1.54, 1.807) is 0 Å². The molecule has 0 unspecified atom stereocenters. The summed E-state index contributed by atoms with van der Waals surface area (Å²) in [6.07, 6.45) is 6.82. The third kappa shape index (κ3) is 3.52. The topological polar surface area (TPSA) is 57.5 Å². The molecule has 1 aliphatic carbocycles. The average Bonchev–Trinajstić information content (AvgIpc) is 3.13. The number of piperidine rings is 1. The first-order valence-electron chi connectivity index (χ1n) is 9.75. The Hall–Kier alpha value is -1.63. The molecule has 2 aliphatic heterocycles. The van der Waals surface area contributed by atoms with Crippen LogP contribution in [0.5, 0.6) is 0 Å². The van der Waals surface area contributed by atoms with E-state index in [4.69, 9.17) is 0 Å². The molecule has 3 aliphatic rings. The van der Waals surface area contributed by atoms with Gasteiger partial charge in [-0.1, -0.05) is 0 Å². The van der Waals surface area contributed by atoms with Gasteiger partial charge in [0.05, 0.1) is 6.54 Å². The number of urea groups is 1. The highest BCUT2D eigenvalue weighted by Crippen LogP contribution is 2.40. The number of carbonyl (C=O) groups is 1. The average molecular weight is 346 g/mol. The van der Waals surface area contributed by atoms with Crippen LogP contribution in [0.3, 0.4) is 0 Å². The first-order chi connectivity index (χ1) is 12.1. The van der Waals surface area contributed by atoms with Crippen molar-refractivity contribution in [1.29, 1.82) is 0 Å². The molecule has 7 nitrogen and oxygen atoms in total. The minimum atomic E-state index is 0.243. The van der Waals surface area contributed by atoms with Gasteiger partial charge >= 0.3 is 6.03 Å². The Morgan fingerprint density at radius 1 is 1.00 bits per heavy atom. The molecule has 0 atom stereocenters. The zero-order chi connectivity index (χ0) is 17.4. The molecule has 1 aromatic rings. The summed E-state index contributed by atoms with van der Waals surface area (Å²) in [6, 6.07) is 0.845. The van der Waals surface area contributed by atoms with Crippen molar-refractivity contribution in [3.8, 4) is 0 Å². The second kappa shape index (κ2) is 6.94. The maximum absolute atomic E-state index is 12.6. The van der Waals surface area contributed by atoms with Gasteiger partial charge in [0.2, 0.25) is 0 Å². The van der Waals surface area contributed by atoms with Crippen LogP contribution in [0.25, 0.3) is 0 Å². The van der Waals surface area contributed by atoms with Crippen molar-refractivity contribution < 1.29 is 4.79 Å². The van der Waals surface area contributed by atoms with Gasteiger partial charge in [-0.05, 0) is 52.6 Å². The highest BCUT2D eigenvalue weighted by molar-refractivity contribution is 5.74. The van der Waals surface area contributed by atoms with Crippen LogP contribution in [0.2, 0.25) is 0 Å². The molecule has 0 aromatic carbocycles. The largest absolute Gasteiger partial charge is 0.325 e. The van der Waals surface area contributed by atoms with Gasteiger partial charge in [0.15, 0.2) is 0 Å². The molecular weight excluding hydrogens is 316 g/mol. The number of rotatable bonds is 4. The minimum Gasteiger partial charge on any atom is -0.325 e. The summed E-state index contributed by atoms with van der Waals surface area (Å²) < 4.78 is 2.41. The van der Waals surface area contributed by atoms with Crippen molar-refractivity contribution in [3.05, 3.63) is 11.6 Å². The Kier molecular flexibility index (Phi) is 4.67. The van der Waals surface area contributed by atoms with Crippen LogP contribution in [-0.4, -0.2) is 75.8 Å². The lowest BCUT2D eigenvalue weighted by Gasteiger charge is -2.34. The molecule has 0 N–H and O–H groups in total. The molecule has 4 rings (SSSR count). The summed E-state index contributed by atoms with van der Waals surface area (Å²) in [6.45, 7) is 4.40. The van der Waals surface area contributed by atoms with Crippen molar-refractivity contribution in [2.75, 3.05) is 40.3 Å². The Morgan fingerprint density at radius 3 is 2.24 bits per heavy atom. The minimum absolute atomic E-state index is 0.243. The highest BCUT2D eigenvalue weighted by atomic mass is 16.2. The molecule has 138 valence electrons. The maximum Gasteiger partial charge on any atom is 0.319 e. The molecular formula is C18H30N6O. The van der Waals surface area contributed by atoms with Crippen molar-refractivity contribution in [2.45, 2.75) is 57.0 Å². The summed E-state index contributed by atoms with van der Waals surface area (Å²) in [7, 11) is 4.15. The van der Waals surface area contributed by atoms with Crippen LogP contribution in [0.4, 0.5) is 4.79 Å². The number of carbonyl (C=O) groups excluding carboxylic acids is 1. The van der Waals surface area contributed by atoms with Gasteiger partial charge in [-0.25, -0.2) is 4.79 Å². The number of hydrogen-bond acceptors (Lipinski definition) is 4. The number of likely N-dealkylation sites (tertiary alicyclic amines) is 2. The first kappa shape index (κ1) is 16.8. The lowest BCUT2D eigenvalue weighted by atomic mass is 9.96. The molecule has 1 aromatic heterocycles. The molecule has 2 saturated heterocycles.